The Bertz CT molecular complexity index is 1600. The zero-order valence-corrected chi connectivity index (χ0v) is 32.5. The highest BCUT2D eigenvalue weighted by atomic mass is 16.6. The minimum atomic E-state index is -0.593. The van der Waals surface area contributed by atoms with Crippen LogP contribution in [0.2, 0.25) is 0 Å². The third-order valence-electron chi connectivity index (χ3n) is 9.86. The molecule has 0 saturated carbocycles. The van der Waals surface area contributed by atoms with Gasteiger partial charge in [-0.25, -0.2) is 9.59 Å². The molecule has 2 aromatic rings. The second-order valence-corrected chi connectivity index (χ2v) is 16.1. The summed E-state index contributed by atoms with van der Waals surface area (Å²) in [6, 6.07) is 14.6. The Morgan fingerprint density at radius 1 is 0.556 bits per heavy atom. The van der Waals surface area contributed by atoms with Gasteiger partial charge >= 0.3 is 12.2 Å². The van der Waals surface area contributed by atoms with E-state index in [1.807, 2.05) is 24.3 Å². The SMILES string of the molecule is COc1ccc(CN2C(=O)[C@H]3CCN(C(=O)OC(C)(C)C)C[C@H]3C2=O)cc1.COc1ccc(CN2C(=O)[C@H]3CN(C(=O)OC(C)(C)C)CC[C@H]3C2=O)cc1. The van der Waals surface area contributed by atoms with Crippen LogP contribution in [0.25, 0.3) is 0 Å². The number of fused-ring (bicyclic) bond motifs is 2. The minimum absolute atomic E-state index is 0.148. The summed E-state index contributed by atoms with van der Waals surface area (Å²) < 4.78 is 21.1. The molecule has 0 N–H and O–H groups in total. The van der Waals surface area contributed by atoms with Gasteiger partial charge in [-0.15, -0.1) is 0 Å². The van der Waals surface area contributed by atoms with Gasteiger partial charge in [-0.05, 0) is 89.8 Å². The van der Waals surface area contributed by atoms with Crippen molar-refractivity contribution >= 4 is 35.8 Å². The van der Waals surface area contributed by atoms with Gasteiger partial charge < -0.3 is 28.7 Å². The van der Waals surface area contributed by atoms with Gasteiger partial charge in [0.1, 0.15) is 22.7 Å². The van der Waals surface area contributed by atoms with Crippen LogP contribution < -0.4 is 9.47 Å². The molecule has 4 heterocycles. The molecule has 0 unspecified atom stereocenters. The summed E-state index contributed by atoms with van der Waals surface area (Å²) in [5.41, 5.74) is 0.536. The lowest BCUT2D eigenvalue weighted by molar-refractivity contribution is -0.142. The predicted molar refractivity (Wildman–Crippen MR) is 196 cm³/mol. The van der Waals surface area contributed by atoms with Crippen molar-refractivity contribution in [2.45, 2.75) is 78.7 Å². The van der Waals surface area contributed by atoms with E-state index in [-0.39, 0.29) is 61.6 Å². The molecule has 6 amide bonds. The monoisotopic (exact) mass is 748 g/mol. The molecule has 0 radical (unpaired) electrons. The second-order valence-electron chi connectivity index (χ2n) is 16.1. The summed E-state index contributed by atoms with van der Waals surface area (Å²) in [5, 5.41) is 0. The van der Waals surface area contributed by atoms with E-state index >= 15 is 0 Å². The lowest BCUT2D eigenvalue weighted by Crippen LogP contribution is -2.46. The highest BCUT2D eigenvalue weighted by molar-refractivity contribution is 6.06. The Morgan fingerprint density at radius 2 is 0.870 bits per heavy atom. The van der Waals surface area contributed by atoms with Gasteiger partial charge in [-0.2, -0.15) is 0 Å². The lowest BCUT2D eigenvalue weighted by atomic mass is 9.88. The Morgan fingerprint density at radius 3 is 1.17 bits per heavy atom. The fourth-order valence-corrected chi connectivity index (χ4v) is 7.14. The first-order chi connectivity index (χ1) is 25.4. The number of rotatable bonds is 6. The van der Waals surface area contributed by atoms with Crippen molar-refractivity contribution < 1.29 is 47.7 Å². The molecule has 14 heteroatoms. The molecule has 0 bridgehead atoms. The van der Waals surface area contributed by atoms with Gasteiger partial charge in [0.05, 0.1) is 51.0 Å². The van der Waals surface area contributed by atoms with E-state index < -0.39 is 35.2 Å². The summed E-state index contributed by atoms with van der Waals surface area (Å²) in [7, 11) is 3.17. The standard InChI is InChI=1S/2C20H26N2O5/c2*1-20(2,3)27-19(25)21-10-9-15-16(12-21)18(24)22(17(15)23)11-13-5-7-14(26-4)8-6-13/h2*5-8,15-16H,9-12H2,1-4H3/t2*15-,16+/m10/s1. The Hall–Kier alpha value is -5.14. The molecule has 14 nitrogen and oxygen atoms in total. The van der Waals surface area contributed by atoms with Crippen molar-refractivity contribution in [2.75, 3.05) is 40.4 Å². The molecular weight excluding hydrogens is 696 g/mol. The van der Waals surface area contributed by atoms with E-state index in [4.69, 9.17) is 18.9 Å². The Balaban J connectivity index is 0.000000208. The van der Waals surface area contributed by atoms with Crippen molar-refractivity contribution in [3.8, 4) is 11.5 Å². The van der Waals surface area contributed by atoms with Crippen LogP contribution >= 0.6 is 0 Å². The molecule has 4 aliphatic heterocycles. The summed E-state index contributed by atoms with van der Waals surface area (Å²) >= 11 is 0. The Labute approximate surface area is 316 Å². The normalized spacial score (nSPS) is 22.7. The van der Waals surface area contributed by atoms with Gasteiger partial charge in [0.2, 0.25) is 23.6 Å². The van der Waals surface area contributed by atoms with E-state index in [1.54, 1.807) is 80.0 Å². The molecule has 4 atom stereocenters. The number of hydrogen-bond donors (Lipinski definition) is 0. The van der Waals surface area contributed by atoms with Crippen LogP contribution in [-0.4, -0.2) is 107 Å². The van der Waals surface area contributed by atoms with E-state index in [2.05, 4.69) is 0 Å². The first-order valence-electron chi connectivity index (χ1n) is 18.3. The van der Waals surface area contributed by atoms with Gasteiger partial charge in [-0.3, -0.25) is 29.0 Å². The van der Waals surface area contributed by atoms with Gasteiger partial charge in [0.15, 0.2) is 0 Å². The van der Waals surface area contributed by atoms with Crippen molar-refractivity contribution in [3.05, 3.63) is 59.7 Å². The van der Waals surface area contributed by atoms with E-state index in [0.717, 1.165) is 22.6 Å². The predicted octanol–water partition coefficient (Wildman–Crippen LogP) is 4.87. The van der Waals surface area contributed by atoms with Crippen LogP contribution in [0.3, 0.4) is 0 Å². The van der Waals surface area contributed by atoms with Crippen molar-refractivity contribution in [1.82, 2.24) is 19.6 Å². The summed E-state index contributed by atoms with van der Waals surface area (Å²) in [6.45, 7) is 12.6. The number of amides is 6. The van der Waals surface area contributed by atoms with Crippen LogP contribution in [-0.2, 0) is 41.7 Å². The second kappa shape index (κ2) is 16.1. The molecule has 54 heavy (non-hydrogen) atoms. The number of hydrogen-bond acceptors (Lipinski definition) is 10. The molecule has 4 saturated heterocycles. The number of likely N-dealkylation sites (tertiary alicyclic amines) is 4. The van der Waals surface area contributed by atoms with Gasteiger partial charge in [0, 0.05) is 26.2 Å². The van der Waals surface area contributed by atoms with Gasteiger partial charge in [0.25, 0.3) is 0 Å². The molecule has 4 fully saturated rings. The van der Waals surface area contributed by atoms with E-state index in [9.17, 15) is 28.8 Å². The highest BCUT2D eigenvalue weighted by Gasteiger charge is 2.52. The molecule has 292 valence electrons. The number of benzene rings is 2. The topological polar surface area (TPSA) is 152 Å². The van der Waals surface area contributed by atoms with Crippen LogP contribution in [0.1, 0.15) is 65.5 Å². The molecular formula is C40H52N4O10. The highest BCUT2D eigenvalue weighted by Crippen LogP contribution is 2.36. The average Bonchev–Trinajstić information content (AvgIpc) is 3.50. The number of carbonyl (C=O) groups is 6. The molecule has 0 aliphatic carbocycles. The van der Waals surface area contributed by atoms with Crippen LogP contribution in [0.15, 0.2) is 48.5 Å². The first kappa shape index (κ1) is 40.1. The quantitative estimate of drug-likeness (QED) is 0.374. The van der Waals surface area contributed by atoms with E-state index in [1.165, 1.54) is 19.6 Å². The van der Waals surface area contributed by atoms with Crippen molar-refractivity contribution in [1.29, 1.82) is 0 Å². The summed E-state index contributed by atoms with van der Waals surface area (Å²) in [4.78, 5) is 81.4. The molecule has 2 aromatic carbocycles. The third kappa shape index (κ3) is 9.31. The van der Waals surface area contributed by atoms with Crippen molar-refractivity contribution in [3.63, 3.8) is 0 Å². The first-order valence-corrected chi connectivity index (χ1v) is 18.3. The van der Waals surface area contributed by atoms with Crippen LogP contribution in [0, 0.1) is 23.7 Å². The molecule has 0 aromatic heterocycles. The maximum atomic E-state index is 12.8. The number of methoxy groups -OCH3 is 2. The van der Waals surface area contributed by atoms with E-state index in [0.29, 0.717) is 25.9 Å². The number of ether oxygens (including phenoxy) is 4. The molecule has 4 aliphatic rings. The molecule has 0 spiro atoms. The third-order valence-corrected chi connectivity index (χ3v) is 9.86. The summed E-state index contributed by atoms with van der Waals surface area (Å²) in [5.74, 6) is -0.964. The van der Waals surface area contributed by atoms with Crippen LogP contribution in [0.4, 0.5) is 9.59 Å². The minimum Gasteiger partial charge on any atom is -0.497 e. The number of nitrogens with zero attached hydrogens (tertiary/aromatic N) is 4. The zero-order chi connectivity index (χ0) is 39.5. The fourth-order valence-electron chi connectivity index (χ4n) is 7.14. The zero-order valence-electron chi connectivity index (χ0n) is 32.5. The van der Waals surface area contributed by atoms with Crippen LogP contribution in [0.5, 0.6) is 11.5 Å². The van der Waals surface area contributed by atoms with Gasteiger partial charge in [-0.1, -0.05) is 24.3 Å². The maximum Gasteiger partial charge on any atom is 0.410 e. The number of imide groups is 2. The lowest BCUT2D eigenvalue weighted by Gasteiger charge is -2.33. The fraction of sp³-hybridized carbons (Fsp3) is 0.550. The largest absolute Gasteiger partial charge is 0.497 e. The summed E-state index contributed by atoms with van der Waals surface area (Å²) in [6.07, 6.45) is 0.0888. The average molecular weight is 749 g/mol. The Kier molecular flexibility index (Phi) is 11.9. The number of piperidine rings is 2. The maximum absolute atomic E-state index is 12.8. The smallest absolute Gasteiger partial charge is 0.410 e. The molecule has 6 rings (SSSR count). The van der Waals surface area contributed by atoms with Crippen molar-refractivity contribution in [2.24, 2.45) is 23.7 Å². The number of carbonyl (C=O) groups excluding carboxylic acids is 6.